The number of nitrogens with zero attached hydrogens (tertiary/aromatic N) is 3. The Morgan fingerprint density at radius 1 is 1.05 bits per heavy atom. The Hall–Kier alpha value is -3.53. The zero-order valence-corrected chi connectivity index (χ0v) is 25.2. The Morgan fingerprint density at radius 2 is 1.79 bits per heavy atom. The van der Waals surface area contributed by atoms with E-state index in [-0.39, 0.29) is 19.4 Å². The minimum Gasteiger partial charge on any atom is -0.481 e. The van der Waals surface area contributed by atoms with Crippen molar-refractivity contribution < 1.29 is 24.9 Å². The average Bonchev–Trinajstić information content (AvgIpc) is 3.34. The van der Waals surface area contributed by atoms with E-state index in [1.54, 1.807) is 0 Å². The lowest BCUT2D eigenvalue weighted by molar-refractivity contribution is -0.143. The average molecular weight is 592 g/mol. The number of rotatable bonds is 10. The van der Waals surface area contributed by atoms with Gasteiger partial charge in [-0.1, -0.05) is 56.3 Å². The molecule has 1 fully saturated rings. The van der Waals surface area contributed by atoms with E-state index in [9.17, 15) is 14.7 Å². The zero-order valence-electron chi connectivity index (χ0n) is 24.4. The van der Waals surface area contributed by atoms with E-state index in [4.69, 9.17) is 15.2 Å². The van der Waals surface area contributed by atoms with Gasteiger partial charge < -0.3 is 20.2 Å². The van der Waals surface area contributed by atoms with Crippen LogP contribution in [0.5, 0.6) is 0 Å². The predicted octanol–water partition coefficient (Wildman–Crippen LogP) is 3.31. The number of hydrogen-bond acceptors (Lipinski definition) is 7. The van der Waals surface area contributed by atoms with Crippen LogP contribution < -0.4 is 10.6 Å². The number of hydrogen-bond donors (Lipinski definition) is 3. The monoisotopic (exact) mass is 591 g/mol. The lowest BCUT2D eigenvalue weighted by Crippen LogP contribution is -2.54. The molecule has 0 saturated carbocycles. The summed E-state index contributed by atoms with van der Waals surface area (Å²) in [5, 5.41) is 27.9. The third kappa shape index (κ3) is 8.27. The van der Waals surface area contributed by atoms with Crippen LogP contribution in [0.25, 0.3) is 11.8 Å². The minimum absolute atomic E-state index is 0.212. The number of aliphatic hydroxyl groups is 1. The van der Waals surface area contributed by atoms with Crippen molar-refractivity contribution in [3.8, 4) is 0 Å². The number of carbonyl (C=O) groups is 2. The van der Waals surface area contributed by atoms with E-state index in [0.29, 0.717) is 12.0 Å². The van der Waals surface area contributed by atoms with Crippen LogP contribution in [0.3, 0.4) is 0 Å². The van der Waals surface area contributed by atoms with Crippen LogP contribution in [0.2, 0.25) is 0 Å². The molecule has 0 spiro atoms. The highest BCUT2D eigenvalue weighted by molar-refractivity contribution is 7.12. The van der Waals surface area contributed by atoms with Crippen LogP contribution in [-0.2, 0) is 22.4 Å². The summed E-state index contributed by atoms with van der Waals surface area (Å²) in [6, 6.07) is 17.9. The first-order valence-corrected chi connectivity index (χ1v) is 15.4. The standard InChI is InChI=1S/C29H35N3OS.C4H6O4/c1-21(2)27-19-25-26(34-27)13-11-23-9-6-14-30-28(23)29(25)32-16-15-31(17-18-33)24(20-32)12-10-22-7-4-3-5-8-22;5-3(6)1-2-4(7)8/h3-9,11,14,19,21,24,33H,10,12-13,15-18,20H2,1-2H3;1-2H2,(H,5,6)(H,7,8). The maximum Gasteiger partial charge on any atom is 0.303 e. The van der Waals surface area contributed by atoms with Gasteiger partial charge in [0.2, 0.25) is 0 Å². The molecule has 1 atom stereocenters. The fraction of sp³-hybridized carbons (Fsp3) is 0.424. The summed E-state index contributed by atoms with van der Waals surface area (Å²) in [6.45, 7) is 8.41. The molecule has 1 unspecified atom stereocenters. The summed E-state index contributed by atoms with van der Waals surface area (Å²) in [4.78, 5) is 32.2. The second-order valence-electron chi connectivity index (χ2n) is 11.0. The van der Waals surface area contributed by atoms with E-state index in [2.05, 4.69) is 72.2 Å². The number of β-amino-alcohol motifs (C(OH)–C–C–N with tert-alkyl or cyclic N) is 1. The largest absolute Gasteiger partial charge is 0.481 e. The molecular weight excluding hydrogens is 550 g/mol. The van der Waals surface area contributed by atoms with Gasteiger partial charge in [0, 0.05) is 60.2 Å². The molecule has 0 amide bonds. The number of thiophene rings is 1. The molecule has 0 bridgehead atoms. The van der Waals surface area contributed by atoms with Crippen LogP contribution in [0, 0.1) is 0 Å². The molecule has 1 aliphatic heterocycles. The number of aromatic nitrogens is 1. The third-order valence-corrected chi connectivity index (χ3v) is 9.15. The van der Waals surface area contributed by atoms with Crippen molar-refractivity contribution in [2.75, 3.05) is 32.8 Å². The van der Waals surface area contributed by atoms with Gasteiger partial charge in [0.25, 0.3) is 0 Å². The Balaban J connectivity index is 0.000000446. The molecule has 1 aromatic carbocycles. The Labute approximate surface area is 251 Å². The lowest BCUT2D eigenvalue weighted by atomic mass is 10.00. The van der Waals surface area contributed by atoms with Gasteiger partial charge in [-0.3, -0.25) is 19.5 Å². The molecule has 3 heterocycles. The molecule has 2 aromatic heterocycles. The van der Waals surface area contributed by atoms with Crippen molar-refractivity contribution in [1.29, 1.82) is 0 Å². The summed E-state index contributed by atoms with van der Waals surface area (Å²) in [5.41, 5.74) is 4.06. The highest BCUT2D eigenvalue weighted by Gasteiger charge is 2.30. The first-order valence-electron chi connectivity index (χ1n) is 14.6. The molecule has 5 rings (SSSR count). The first-order chi connectivity index (χ1) is 20.3. The SMILES string of the molecule is CC(C)c1cc2c(s1)CC=c1cccnc1=C2N1CCN(CCO)C(CCc2ccccc2)C1.O=C(O)CCC(=O)O. The van der Waals surface area contributed by atoms with Crippen molar-refractivity contribution >= 4 is 35.0 Å². The highest BCUT2D eigenvalue weighted by Crippen LogP contribution is 2.35. The molecule has 0 radical (unpaired) electrons. The normalized spacial score (nSPS) is 16.5. The number of carboxylic acids is 2. The quantitative estimate of drug-likeness (QED) is 0.329. The van der Waals surface area contributed by atoms with Gasteiger partial charge >= 0.3 is 11.9 Å². The number of aryl methyl sites for hydroxylation is 1. The smallest absolute Gasteiger partial charge is 0.303 e. The van der Waals surface area contributed by atoms with Gasteiger partial charge in [-0.2, -0.15) is 0 Å². The highest BCUT2D eigenvalue weighted by atomic mass is 32.1. The topological polar surface area (TPSA) is 114 Å². The van der Waals surface area contributed by atoms with Crippen LogP contribution in [0.1, 0.15) is 59.9 Å². The second-order valence-corrected chi connectivity index (χ2v) is 12.2. The van der Waals surface area contributed by atoms with Crippen molar-refractivity contribution in [2.24, 2.45) is 0 Å². The molecule has 9 heteroatoms. The van der Waals surface area contributed by atoms with Crippen molar-refractivity contribution in [3.05, 3.63) is 86.2 Å². The number of fused-ring (bicyclic) bond motifs is 2. The lowest BCUT2D eigenvalue weighted by Gasteiger charge is -2.43. The number of pyridine rings is 1. The van der Waals surface area contributed by atoms with Gasteiger partial charge in [0.15, 0.2) is 0 Å². The van der Waals surface area contributed by atoms with E-state index < -0.39 is 11.9 Å². The van der Waals surface area contributed by atoms with Crippen LogP contribution in [0.4, 0.5) is 0 Å². The Morgan fingerprint density at radius 3 is 2.45 bits per heavy atom. The maximum atomic E-state index is 9.72. The summed E-state index contributed by atoms with van der Waals surface area (Å²) >= 11 is 1.96. The fourth-order valence-corrected chi connectivity index (χ4v) is 6.63. The van der Waals surface area contributed by atoms with Gasteiger partial charge in [0.05, 0.1) is 30.5 Å². The van der Waals surface area contributed by atoms with E-state index in [1.807, 2.05) is 23.6 Å². The van der Waals surface area contributed by atoms with E-state index in [1.165, 1.54) is 31.8 Å². The molecule has 3 aromatic rings. The molecule has 42 heavy (non-hydrogen) atoms. The Bertz CT molecular complexity index is 1460. The zero-order chi connectivity index (χ0) is 30.1. The summed E-state index contributed by atoms with van der Waals surface area (Å²) < 4.78 is 0. The maximum absolute atomic E-state index is 9.72. The first kappa shape index (κ1) is 31.4. The van der Waals surface area contributed by atoms with Gasteiger partial charge in [-0.05, 0) is 41.7 Å². The molecule has 3 N–H and O–H groups in total. The predicted molar refractivity (Wildman–Crippen MR) is 166 cm³/mol. The van der Waals surface area contributed by atoms with Crippen LogP contribution >= 0.6 is 11.3 Å². The number of aliphatic carboxylic acids is 2. The molecule has 224 valence electrons. The molecule has 1 saturated heterocycles. The molecule has 2 aliphatic rings. The van der Waals surface area contributed by atoms with Gasteiger partial charge in [-0.25, -0.2) is 0 Å². The number of piperazine rings is 1. The van der Waals surface area contributed by atoms with Crippen molar-refractivity contribution in [3.63, 3.8) is 0 Å². The summed E-state index contributed by atoms with van der Waals surface area (Å²) in [7, 11) is 0. The summed E-state index contributed by atoms with van der Waals surface area (Å²) in [6.07, 6.45) is 6.80. The third-order valence-electron chi connectivity index (χ3n) is 7.69. The number of aliphatic hydroxyl groups excluding tert-OH is 1. The Kier molecular flexibility index (Phi) is 11.3. The van der Waals surface area contributed by atoms with Crippen LogP contribution in [-0.4, -0.2) is 80.9 Å². The van der Waals surface area contributed by atoms with Gasteiger partial charge in [-0.15, -0.1) is 11.3 Å². The molecule has 8 nitrogen and oxygen atoms in total. The van der Waals surface area contributed by atoms with E-state index in [0.717, 1.165) is 50.8 Å². The second kappa shape index (κ2) is 15.1. The molecular formula is C33H41N3O5S. The number of carboxylic acid groups (broad SMARTS) is 2. The number of benzene rings is 1. The van der Waals surface area contributed by atoms with Crippen LogP contribution in [0.15, 0.2) is 54.7 Å². The van der Waals surface area contributed by atoms with Crippen molar-refractivity contribution in [1.82, 2.24) is 14.8 Å². The minimum atomic E-state index is -1.08. The fourth-order valence-electron chi connectivity index (χ4n) is 5.50. The molecule has 1 aliphatic carbocycles. The summed E-state index contributed by atoms with van der Waals surface area (Å²) in [5.74, 6) is -1.62. The van der Waals surface area contributed by atoms with E-state index >= 15 is 0 Å². The van der Waals surface area contributed by atoms with Gasteiger partial charge in [0.1, 0.15) is 0 Å². The van der Waals surface area contributed by atoms with Crippen molar-refractivity contribution in [2.45, 2.75) is 57.9 Å².